The van der Waals surface area contributed by atoms with Crippen LogP contribution in [0.2, 0.25) is 0 Å². The van der Waals surface area contributed by atoms with E-state index in [-0.39, 0.29) is 18.6 Å². The number of hydrogen-bond acceptors (Lipinski definition) is 6. The number of nitrogens with one attached hydrogen (secondary N) is 1. The number of Topliss-reactive ketones (excluding diaryl/α,β-unsaturated/α-hetero) is 1. The molecular formula is C31H60N2O6. The van der Waals surface area contributed by atoms with Gasteiger partial charge in [0.05, 0.1) is 12.7 Å². The molecule has 2 atom stereocenters. The van der Waals surface area contributed by atoms with Crippen LogP contribution >= 0.6 is 0 Å². The van der Waals surface area contributed by atoms with Crippen molar-refractivity contribution < 1.29 is 24.6 Å². The number of unbranched alkanes of at least 4 members (excludes halogenated alkanes) is 9. The zero-order chi connectivity index (χ0) is 29.6. The Morgan fingerprint density at radius 1 is 0.872 bits per heavy atom. The molecule has 0 aromatic heterocycles. The molecule has 39 heavy (non-hydrogen) atoms. The summed E-state index contributed by atoms with van der Waals surface area (Å²) in [5.41, 5.74) is 0. The number of aliphatic hydroxyl groups is 1. The molecule has 8 heteroatoms. The van der Waals surface area contributed by atoms with Crippen LogP contribution in [0.25, 0.3) is 0 Å². The quantitative estimate of drug-likeness (QED) is 0.0484. The Labute approximate surface area is 238 Å². The number of nitrogens with zero attached hydrogens (tertiary/aromatic N) is 1. The van der Waals surface area contributed by atoms with Gasteiger partial charge >= 0.3 is 0 Å². The maximum atomic E-state index is 11.9. The number of aliphatic hydroxyl groups excluding tert-OH is 1. The van der Waals surface area contributed by atoms with Crippen LogP contribution in [0.5, 0.6) is 0 Å². The molecule has 2 N–H and O–H groups in total. The molecule has 0 aliphatic heterocycles. The predicted octanol–water partition coefficient (Wildman–Crippen LogP) is 7.89. The third kappa shape index (κ3) is 30.4. The minimum absolute atomic E-state index is 0.0983. The number of hydrogen-bond donors (Lipinski definition) is 2. The van der Waals surface area contributed by atoms with Crippen molar-refractivity contribution in [1.82, 2.24) is 5.32 Å². The van der Waals surface area contributed by atoms with Crippen LogP contribution in [-0.4, -0.2) is 41.1 Å². The van der Waals surface area contributed by atoms with Crippen LogP contribution in [0.3, 0.4) is 0 Å². The van der Waals surface area contributed by atoms with E-state index < -0.39 is 5.09 Å². The highest BCUT2D eigenvalue weighted by Crippen LogP contribution is 2.21. The van der Waals surface area contributed by atoms with Gasteiger partial charge in [0.15, 0.2) is 0 Å². The summed E-state index contributed by atoms with van der Waals surface area (Å²) in [4.78, 5) is 37.3. The van der Waals surface area contributed by atoms with Gasteiger partial charge in [0.1, 0.15) is 5.78 Å². The maximum absolute atomic E-state index is 11.9. The fraction of sp³-hybridized carbons (Fsp3) is 0.871. The Morgan fingerprint density at radius 2 is 1.54 bits per heavy atom. The second kappa shape index (κ2) is 30.6. The Morgan fingerprint density at radius 3 is 2.18 bits per heavy atom. The van der Waals surface area contributed by atoms with Gasteiger partial charge in [-0.15, -0.1) is 10.1 Å². The highest BCUT2D eigenvalue weighted by Gasteiger charge is 2.17. The number of ketones is 1. The van der Waals surface area contributed by atoms with Crippen LogP contribution in [0.1, 0.15) is 150 Å². The van der Waals surface area contributed by atoms with Gasteiger partial charge < -0.3 is 15.3 Å². The first-order valence-electron chi connectivity index (χ1n) is 15.7. The van der Waals surface area contributed by atoms with E-state index in [2.05, 4.69) is 37.0 Å². The molecule has 0 heterocycles. The summed E-state index contributed by atoms with van der Waals surface area (Å²) in [5, 5.41) is 22.1. The second-order valence-electron chi connectivity index (χ2n) is 10.4. The monoisotopic (exact) mass is 556 g/mol. The molecule has 0 rings (SSSR count). The summed E-state index contributed by atoms with van der Waals surface area (Å²) in [6.45, 7) is 9.28. The topological polar surface area (TPSA) is 119 Å². The smallest absolute Gasteiger partial charge is 0.294 e. The first-order chi connectivity index (χ1) is 18.8. The van der Waals surface area contributed by atoms with E-state index in [0.29, 0.717) is 37.5 Å². The molecule has 0 aromatic carbocycles. The Hall–Kier alpha value is -1.96. The van der Waals surface area contributed by atoms with Crippen LogP contribution in [0.15, 0.2) is 12.2 Å². The van der Waals surface area contributed by atoms with E-state index in [1.807, 2.05) is 13.0 Å². The van der Waals surface area contributed by atoms with Gasteiger partial charge in [0, 0.05) is 25.8 Å². The number of rotatable bonds is 26. The van der Waals surface area contributed by atoms with Gasteiger partial charge in [0.25, 0.3) is 5.09 Å². The highest BCUT2D eigenvalue weighted by molar-refractivity contribution is 5.78. The third-order valence-corrected chi connectivity index (χ3v) is 6.88. The van der Waals surface area contributed by atoms with Gasteiger partial charge in [-0.05, 0) is 57.8 Å². The van der Waals surface area contributed by atoms with Crippen molar-refractivity contribution in [2.75, 3.05) is 13.2 Å². The van der Waals surface area contributed by atoms with Crippen LogP contribution in [-0.2, 0) is 14.4 Å². The van der Waals surface area contributed by atoms with E-state index in [4.69, 9.17) is 0 Å². The van der Waals surface area contributed by atoms with E-state index >= 15 is 0 Å². The molecule has 0 bridgehead atoms. The lowest BCUT2D eigenvalue weighted by Gasteiger charge is -2.21. The lowest BCUT2D eigenvalue weighted by molar-refractivity contribution is -0.757. The normalized spacial score (nSPS) is 12.4. The molecule has 0 radical (unpaired) electrons. The predicted molar refractivity (Wildman–Crippen MR) is 160 cm³/mol. The van der Waals surface area contributed by atoms with Crippen LogP contribution in [0, 0.1) is 16.0 Å². The maximum Gasteiger partial charge on any atom is 0.294 e. The van der Waals surface area contributed by atoms with Crippen molar-refractivity contribution in [2.24, 2.45) is 5.92 Å². The average molecular weight is 557 g/mol. The van der Waals surface area contributed by atoms with Gasteiger partial charge in [-0.3, -0.25) is 9.59 Å². The summed E-state index contributed by atoms with van der Waals surface area (Å²) in [7, 11) is 0. The summed E-state index contributed by atoms with van der Waals surface area (Å²) in [6.07, 6.45) is 22.0. The molecule has 0 saturated carbocycles. The molecule has 0 aliphatic rings. The molecule has 2 unspecified atom stereocenters. The summed E-state index contributed by atoms with van der Waals surface area (Å²) in [5.74, 6) is 0.800. The highest BCUT2D eigenvalue weighted by atomic mass is 16.9. The SMILES string of the molecule is C/C=C\CCCC(=O)NCCCCCCO[N+](=O)[O-].CCCCCCCC(=O)CCC(CC)C(O)CCCC. The molecule has 230 valence electrons. The lowest BCUT2D eigenvalue weighted by Crippen LogP contribution is -2.23. The Balaban J connectivity index is 0. The number of amides is 1. The Kier molecular flexibility index (Phi) is 30.7. The largest absolute Gasteiger partial charge is 0.393 e. The van der Waals surface area contributed by atoms with Crippen LogP contribution < -0.4 is 5.32 Å². The van der Waals surface area contributed by atoms with Crippen molar-refractivity contribution in [3.63, 3.8) is 0 Å². The molecule has 8 nitrogen and oxygen atoms in total. The van der Waals surface area contributed by atoms with E-state index in [1.54, 1.807) is 0 Å². The van der Waals surface area contributed by atoms with E-state index in [9.17, 15) is 24.8 Å². The molecule has 0 aromatic rings. The summed E-state index contributed by atoms with van der Waals surface area (Å²) < 4.78 is 0. The first-order valence-corrected chi connectivity index (χ1v) is 15.7. The zero-order valence-corrected chi connectivity index (χ0v) is 25.6. The van der Waals surface area contributed by atoms with E-state index in [0.717, 1.165) is 77.0 Å². The average Bonchev–Trinajstić information content (AvgIpc) is 2.91. The number of carbonyl (C=O) groups excluding carboxylic acids is 2. The molecular weight excluding hydrogens is 496 g/mol. The number of allylic oxidation sites excluding steroid dienone is 2. The summed E-state index contributed by atoms with van der Waals surface area (Å²) >= 11 is 0. The van der Waals surface area contributed by atoms with Crippen LogP contribution in [0.4, 0.5) is 0 Å². The standard InChI is InChI=1S/C18H36O2.C13H24N2O4/c1-4-7-9-10-11-12-17(19)15-14-16(6-3)18(20)13-8-5-2;1-2-3-4-7-10-13(16)14-11-8-5-6-9-12-19-15(17)18/h16,18,20H,4-15H2,1-3H3;2-3H,4-12H2,1H3,(H,14,16)/b;3-2-. The Bertz CT molecular complexity index is 612. The molecule has 0 saturated heterocycles. The fourth-order valence-corrected chi connectivity index (χ4v) is 4.30. The zero-order valence-electron chi connectivity index (χ0n) is 25.6. The van der Waals surface area contributed by atoms with Crippen molar-refractivity contribution in [1.29, 1.82) is 0 Å². The van der Waals surface area contributed by atoms with Gasteiger partial charge in [-0.25, -0.2) is 0 Å². The third-order valence-electron chi connectivity index (χ3n) is 6.88. The molecule has 0 aliphatic carbocycles. The minimum atomic E-state index is -0.770. The van der Waals surface area contributed by atoms with Gasteiger partial charge in [-0.2, -0.15) is 0 Å². The van der Waals surface area contributed by atoms with Crippen molar-refractivity contribution in [3.05, 3.63) is 22.3 Å². The van der Waals surface area contributed by atoms with Crippen molar-refractivity contribution in [3.8, 4) is 0 Å². The fourth-order valence-electron chi connectivity index (χ4n) is 4.30. The molecule has 0 spiro atoms. The first kappa shape index (κ1) is 39.2. The second-order valence-corrected chi connectivity index (χ2v) is 10.4. The minimum Gasteiger partial charge on any atom is -0.393 e. The number of carbonyl (C=O) groups is 2. The summed E-state index contributed by atoms with van der Waals surface area (Å²) in [6, 6.07) is 0. The van der Waals surface area contributed by atoms with Gasteiger partial charge in [-0.1, -0.05) is 90.7 Å². The molecule has 1 amide bonds. The molecule has 0 fully saturated rings. The van der Waals surface area contributed by atoms with Crippen molar-refractivity contribution in [2.45, 2.75) is 156 Å². The van der Waals surface area contributed by atoms with E-state index in [1.165, 1.54) is 25.7 Å². The van der Waals surface area contributed by atoms with Gasteiger partial charge in [0.2, 0.25) is 5.91 Å². The van der Waals surface area contributed by atoms with Crippen molar-refractivity contribution >= 4 is 11.7 Å². The lowest BCUT2D eigenvalue weighted by atomic mass is 9.89.